The number of nitro benzene ring substituents is 1. The van der Waals surface area contributed by atoms with Crippen LogP contribution in [0.5, 0.6) is 0 Å². The highest BCUT2D eigenvalue weighted by Crippen LogP contribution is 2.24. The van der Waals surface area contributed by atoms with Crippen LogP contribution in [0.15, 0.2) is 52.7 Å². The molecule has 1 aromatic carbocycles. The quantitative estimate of drug-likeness (QED) is 0.379. The Kier molecular flexibility index (Phi) is 4.66. The van der Waals surface area contributed by atoms with Gasteiger partial charge in [-0.3, -0.25) is 10.1 Å². The summed E-state index contributed by atoms with van der Waals surface area (Å²) in [5, 5.41) is 19.1. The Hall–Kier alpha value is -3.27. The summed E-state index contributed by atoms with van der Waals surface area (Å²) in [7, 11) is -2.76. The maximum absolute atomic E-state index is 12.8. The van der Waals surface area contributed by atoms with Gasteiger partial charge in [0.2, 0.25) is 0 Å². The summed E-state index contributed by atoms with van der Waals surface area (Å²) in [4.78, 5) is 10.2. The van der Waals surface area contributed by atoms with Crippen LogP contribution < -0.4 is 0 Å². The zero-order chi connectivity index (χ0) is 19.8. The number of hydrogen-bond acceptors (Lipinski definition) is 6. The third-order valence-corrected chi connectivity index (χ3v) is 5.86. The molecule has 10 heteroatoms. The molecule has 3 aromatic rings. The molecule has 9 nitrogen and oxygen atoms in total. The molecule has 0 atom stereocenters. The van der Waals surface area contributed by atoms with Crippen molar-refractivity contribution in [1.29, 1.82) is 0 Å². The lowest BCUT2D eigenvalue weighted by Gasteiger charge is -2.15. The molecule has 0 bridgehead atoms. The molecule has 140 valence electrons. The number of hydrazone groups is 1. The molecule has 27 heavy (non-hydrogen) atoms. The molecule has 0 N–H and O–H groups in total. The van der Waals surface area contributed by atoms with Crippen LogP contribution in [0.1, 0.15) is 16.7 Å². The Bertz CT molecular complexity index is 1170. The second-order valence-electron chi connectivity index (χ2n) is 6.02. The van der Waals surface area contributed by atoms with Crippen LogP contribution in [-0.2, 0) is 10.0 Å². The Morgan fingerprint density at radius 2 is 2.00 bits per heavy atom. The van der Waals surface area contributed by atoms with Crippen molar-refractivity contribution in [3.63, 3.8) is 0 Å². The first kappa shape index (κ1) is 18.5. The summed E-state index contributed by atoms with van der Waals surface area (Å²) >= 11 is 0. The molecule has 0 unspecified atom stereocenters. The van der Waals surface area contributed by atoms with Gasteiger partial charge in [-0.05, 0) is 37.1 Å². The zero-order valence-electron chi connectivity index (χ0n) is 14.9. The molecule has 0 aliphatic carbocycles. The fourth-order valence-electron chi connectivity index (χ4n) is 2.53. The molecule has 0 fully saturated rings. The van der Waals surface area contributed by atoms with Gasteiger partial charge in [-0.1, -0.05) is 6.07 Å². The van der Waals surface area contributed by atoms with Crippen molar-refractivity contribution < 1.29 is 13.3 Å². The summed E-state index contributed by atoms with van der Waals surface area (Å²) in [6.45, 7) is 3.51. The normalized spacial score (nSPS) is 12.0. The number of nitrogens with zero attached hydrogens (tertiary/aromatic N) is 5. The molecule has 0 amide bonds. The number of benzene rings is 1. The van der Waals surface area contributed by atoms with E-state index in [2.05, 4.69) is 10.2 Å². The van der Waals surface area contributed by atoms with Crippen LogP contribution in [0.4, 0.5) is 5.69 Å². The van der Waals surface area contributed by atoms with Crippen LogP contribution in [-0.4, -0.2) is 40.6 Å². The number of pyridine rings is 1. The predicted molar refractivity (Wildman–Crippen MR) is 100 cm³/mol. The zero-order valence-corrected chi connectivity index (χ0v) is 15.7. The van der Waals surface area contributed by atoms with E-state index in [1.54, 1.807) is 23.8 Å². The van der Waals surface area contributed by atoms with E-state index >= 15 is 0 Å². The number of aryl methyl sites for hydroxylation is 2. The van der Waals surface area contributed by atoms with Crippen molar-refractivity contribution in [2.45, 2.75) is 18.7 Å². The van der Waals surface area contributed by atoms with E-state index in [0.29, 0.717) is 11.1 Å². The molecular weight excluding hydrogens is 370 g/mol. The number of fused-ring (bicyclic) bond motifs is 1. The molecule has 0 saturated carbocycles. The average Bonchev–Trinajstić information content (AvgIpc) is 3.01. The predicted octanol–water partition coefficient (Wildman–Crippen LogP) is 2.51. The molecular formula is C17H17N5O4S. The van der Waals surface area contributed by atoms with Gasteiger partial charge >= 0.3 is 0 Å². The van der Waals surface area contributed by atoms with Crippen LogP contribution in [0.3, 0.4) is 0 Å². The number of rotatable bonds is 5. The van der Waals surface area contributed by atoms with Gasteiger partial charge in [0, 0.05) is 30.9 Å². The highest BCUT2D eigenvalue weighted by Gasteiger charge is 2.24. The van der Waals surface area contributed by atoms with Gasteiger partial charge in [0.15, 0.2) is 0 Å². The van der Waals surface area contributed by atoms with Crippen molar-refractivity contribution in [3.8, 4) is 0 Å². The Balaban J connectivity index is 1.96. The van der Waals surface area contributed by atoms with E-state index in [-0.39, 0.29) is 10.6 Å². The van der Waals surface area contributed by atoms with E-state index in [4.69, 9.17) is 0 Å². The van der Waals surface area contributed by atoms with Gasteiger partial charge < -0.3 is 0 Å². The van der Waals surface area contributed by atoms with Gasteiger partial charge in [-0.15, -0.1) is 0 Å². The lowest BCUT2D eigenvalue weighted by atomic mass is 10.2. The van der Waals surface area contributed by atoms with Crippen molar-refractivity contribution in [2.75, 3.05) is 7.05 Å². The summed E-state index contributed by atoms with van der Waals surface area (Å²) in [5.74, 6) is 0. The smallest absolute Gasteiger partial charge is 0.258 e. The molecule has 0 spiro atoms. The number of hydrogen-bond donors (Lipinski definition) is 0. The van der Waals surface area contributed by atoms with E-state index in [9.17, 15) is 18.5 Å². The average molecular weight is 387 g/mol. The molecule has 2 heterocycles. The first-order chi connectivity index (χ1) is 12.7. The number of non-ortho nitro benzene ring substituents is 1. The van der Waals surface area contributed by atoms with Gasteiger partial charge in [0.1, 0.15) is 0 Å². The third kappa shape index (κ3) is 3.51. The molecule has 0 aliphatic rings. The Morgan fingerprint density at radius 1 is 1.26 bits per heavy atom. The van der Waals surface area contributed by atoms with Crippen molar-refractivity contribution in [2.24, 2.45) is 5.10 Å². The van der Waals surface area contributed by atoms with Crippen LogP contribution in [0.25, 0.3) is 5.52 Å². The summed E-state index contributed by atoms with van der Waals surface area (Å²) in [6, 6.07) is 7.51. The van der Waals surface area contributed by atoms with Gasteiger partial charge in [0.05, 0.1) is 27.7 Å². The highest BCUT2D eigenvalue weighted by molar-refractivity contribution is 7.89. The van der Waals surface area contributed by atoms with Crippen molar-refractivity contribution in [1.82, 2.24) is 14.0 Å². The van der Waals surface area contributed by atoms with Crippen molar-refractivity contribution >= 4 is 27.4 Å². The maximum Gasteiger partial charge on any atom is 0.279 e. The Morgan fingerprint density at radius 3 is 2.70 bits per heavy atom. The van der Waals surface area contributed by atoms with E-state index in [1.165, 1.54) is 25.4 Å². The van der Waals surface area contributed by atoms with Gasteiger partial charge in [0.25, 0.3) is 15.7 Å². The lowest BCUT2D eigenvalue weighted by molar-refractivity contribution is -0.385. The summed E-state index contributed by atoms with van der Waals surface area (Å²) in [5.41, 5.74) is 2.57. The second-order valence-corrected chi connectivity index (χ2v) is 7.94. The lowest BCUT2D eigenvalue weighted by Crippen LogP contribution is -2.22. The van der Waals surface area contributed by atoms with E-state index < -0.39 is 14.9 Å². The minimum absolute atomic E-state index is 0.160. The molecule has 0 aliphatic heterocycles. The highest BCUT2D eigenvalue weighted by atomic mass is 32.2. The number of aromatic nitrogens is 2. The minimum atomic E-state index is -4.04. The van der Waals surface area contributed by atoms with Crippen LogP contribution >= 0.6 is 0 Å². The molecule has 0 saturated heterocycles. The standard InChI is InChI=1S/C17H17N5O4S/c1-12-6-7-21-16(8-12)14(11-19-21)10-18-20(3)27(25,26)17-9-15(22(23)24)5-4-13(17)2/h4-11H,1-3H3/b18-10-. The Labute approximate surface area is 155 Å². The first-order valence-electron chi connectivity index (χ1n) is 7.92. The molecule has 2 aromatic heterocycles. The second kappa shape index (κ2) is 6.80. The maximum atomic E-state index is 12.8. The summed E-state index contributed by atoms with van der Waals surface area (Å²) in [6.07, 6.45) is 4.78. The fraction of sp³-hybridized carbons (Fsp3) is 0.176. The number of nitro groups is 1. The minimum Gasteiger partial charge on any atom is -0.258 e. The molecule has 3 rings (SSSR count). The molecule has 0 radical (unpaired) electrons. The van der Waals surface area contributed by atoms with Crippen LogP contribution in [0, 0.1) is 24.0 Å². The summed E-state index contributed by atoms with van der Waals surface area (Å²) < 4.78 is 28.0. The largest absolute Gasteiger partial charge is 0.279 e. The first-order valence-corrected chi connectivity index (χ1v) is 9.36. The third-order valence-electron chi connectivity index (χ3n) is 4.07. The van der Waals surface area contributed by atoms with Crippen molar-refractivity contribution in [3.05, 3.63) is 69.5 Å². The van der Waals surface area contributed by atoms with Gasteiger partial charge in [-0.2, -0.15) is 23.0 Å². The monoisotopic (exact) mass is 387 g/mol. The van der Waals surface area contributed by atoms with Crippen LogP contribution in [0.2, 0.25) is 0 Å². The fourth-order valence-corrected chi connectivity index (χ4v) is 3.73. The van der Waals surface area contributed by atoms with E-state index in [1.807, 2.05) is 19.1 Å². The number of sulfonamides is 1. The van der Waals surface area contributed by atoms with E-state index in [0.717, 1.165) is 21.6 Å². The topological polar surface area (TPSA) is 110 Å². The SMILES string of the molecule is Cc1ccn2ncc(/C=N\N(C)S(=O)(=O)c3cc([N+](=O)[O-])ccc3C)c2c1. The van der Waals surface area contributed by atoms with Gasteiger partial charge in [-0.25, -0.2) is 4.52 Å².